The van der Waals surface area contributed by atoms with Crippen LogP contribution in [-0.2, 0) is 19.7 Å². The molecule has 120 valence electrons. The molecule has 0 amide bonds. The lowest BCUT2D eigenvalue weighted by Gasteiger charge is -2.11. The molecule has 0 aromatic heterocycles. The van der Waals surface area contributed by atoms with Crippen LogP contribution in [0.4, 0.5) is 0 Å². The van der Waals surface area contributed by atoms with E-state index < -0.39 is 19.7 Å². The first-order valence-corrected chi connectivity index (χ1v) is 10.8. The predicted octanol–water partition coefficient (Wildman–Crippen LogP) is 2.86. The van der Waals surface area contributed by atoms with Gasteiger partial charge in [-0.15, -0.1) is 23.2 Å². The number of sulfone groups is 2. The maximum atomic E-state index is 12.3. The van der Waals surface area contributed by atoms with Crippen LogP contribution in [0.1, 0.15) is 0 Å². The summed E-state index contributed by atoms with van der Waals surface area (Å²) in [7, 11) is -7.13. The van der Waals surface area contributed by atoms with Crippen molar-refractivity contribution in [1.82, 2.24) is 0 Å². The Morgan fingerprint density at radius 2 is 1.05 bits per heavy atom. The zero-order valence-corrected chi connectivity index (χ0v) is 14.6. The second kappa shape index (κ2) is 6.74. The van der Waals surface area contributed by atoms with Crippen LogP contribution in [0, 0.1) is 0 Å². The molecule has 4 nitrogen and oxygen atoms in total. The normalized spacial score (nSPS) is 12.6. The molecule has 0 heterocycles. The summed E-state index contributed by atoms with van der Waals surface area (Å²) in [4.78, 5) is 0.183. The molecule has 22 heavy (non-hydrogen) atoms. The van der Waals surface area contributed by atoms with Gasteiger partial charge in [-0.2, -0.15) is 0 Å². The molecule has 0 spiro atoms. The van der Waals surface area contributed by atoms with Gasteiger partial charge in [-0.05, 0) is 12.1 Å². The van der Waals surface area contributed by atoms with Gasteiger partial charge in [0.15, 0.2) is 19.7 Å². The van der Waals surface area contributed by atoms with Crippen LogP contribution in [0.15, 0.2) is 46.2 Å². The number of halogens is 2. The third-order valence-corrected chi connectivity index (χ3v) is 7.57. The number of hydrogen-bond donors (Lipinski definition) is 0. The summed E-state index contributed by atoms with van der Waals surface area (Å²) in [5.41, 5.74) is 0. The van der Waals surface area contributed by atoms with Crippen molar-refractivity contribution >= 4 is 53.6 Å². The zero-order chi connectivity index (χ0) is 16.4. The first-order chi connectivity index (χ1) is 10.3. The zero-order valence-electron chi connectivity index (χ0n) is 11.5. The summed E-state index contributed by atoms with van der Waals surface area (Å²) >= 11 is 11.1. The number of fused-ring (bicyclic) bond motifs is 1. The Morgan fingerprint density at radius 3 is 1.36 bits per heavy atom. The molecule has 0 saturated carbocycles. The molecule has 0 fully saturated rings. The second-order valence-corrected chi connectivity index (χ2v) is 9.53. The topological polar surface area (TPSA) is 68.3 Å². The van der Waals surface area contributed by atoms with Crippen LogP contribution in [-0.4, -0.2) is 40.1 Å². The van der Waals surface area contributed by atoms with Gasteiger partial charge >= 0.3 is 0 Å². The maximum Gasteiger partial charge on any atom is 0.180 e. The minimum atomic E-state index is -3.56. The lowest BCUT2D eigenvalue weighted by molar-refractivity contribution is 0.596. The molecule has 0 radical (unpaired) electrons. The van der Waals surface area contributed by atoms with Crippen molar-refractivity contribution in [3.05, 3.63) is 36.4 Å². The Hall–Kier alpha value is -0.820. The molecule has 0 unspecified atom stereocenters. The van der Waals surface area contributed by atoms with E-state index in [0.29, 0.717) is 10.8 Å². The van der Waals surface area contributed by atoms with Crippen LogP contribution < -0.4 is 0 Å². The van der Waals surface area contributed by atoms with E-state index in [4.69, 9.17) is 23.2 Å². The first-order valence-electron chi connectivity index (χ1n) is 6.42. The van der Waals surface area contributed by atoms with Crippen molar-refractivity contribution < 1.29 is 16.8 Å². The molecule has 0 aliphatic heterocycles. The molecule has 2 aromatic rings. The Bertz CT molecular complexity index is 815. The van der Waals surface area contributed by atoms with Crippen molar-refractivity contribution in [2.45, 2.75) is 9.79 Å². The SMILES string of the molecule is O=S(=O)(CCCl)c1cccc2c(S(=O)(=O)CCCl)cccc12. The van der Waals surface area contributed by atoms with Gasteiger partial charge in [-0.25, -0.2) is 16.8 Å². The highest BCUT2D eigenvalue weighted by Gasteiger charge is 2.21. The van der Waals surface area contributed by atoms with E-state index in [1.807, 2.05) is 0 Å². The van der Waals surface area contributed by atoms with Crippen LogP contribution >= 0.6 is 23.2 Å². The Morgan fingerprint density at radius 1 is 0.682 bits per heavy atom. The summed E-state index contributed by atoms with van der Waals surface area (Å²) in [6.45, 7) is 0. The van der Waals surface area contributed by atoms with E-state index in [1.165, 1.54) is 24.3 Å². The highest BCUT2D eigenvalue weighted by Crippen LogP contribution is 2.29. The van der Waals surface area contributed by atoms with Crippen molar-refractivity contribution in [1.29, 1.82) is 0 Å². The minimum absolute atomic E-state index is 0.0248. The van der Waals surface area contributed by atoms with E-state index in [0.717, 1.165) is 0 Å². The molecule has 2 rings (SSSR count). The molecular weight excluding hydrogens is 367 g/mol. The number of benzene rings is 2. The molecule has 0 saturated heterocycles. The molecular formula is C14H14Cl2O4S2. The van der Waals surface area contributed by atoms with Gasteiger partial charge in [0.1, 0.15) is 0 Å². The Kier molecular flexibility index (Phi) is 5.37. The average molecular weight is 381 g/mol. The molecule has 0 N–H and O–H groups in total. The maximum absolute atomic E-state index is 12.3. The third kappa shape index (κ3) is 3.40. The summed E-state index contributed by atoms with van der Waals surface area (Å²) < 4.78 is 49.1. The summed E-state index contributed by atoms with van der Waals surface area (Å²) in [5.74, 6) is -0.454. The standard InChI is InChI=1S/C14H14Cl2O4S2/c15-7-9-21(17,18)13-5-1-3-11-12(13)4-2-6-14(11)22(19,20)10-8-16/h1-6H,7-10H2. The molecule has 0 bridgehead atoms. The van der Waals surface area contributed by atoms with Crippen molar-refractivity contribution in [3.8, 4) is 0 Å². The smallest absolute Gasteiger partial charge is 0.180 e. The lowest BCUT2D eigenvalue weighted by Crippen LogP contribution is -2.11. The fourth-order valence-corrected chi connectivity index (χ4v) is 5.88. The van der Waals surface area contributed by atoms with Crippen molar-refractivity contribution in [2.24, 2.45) is 0 Å². The van der Waals surface area contributed by atoms with Gasteiger partial charge in [0.25, 0.3) is 0 Å². The van der Waals surface area contributed by atoms with Gasteiger partial charge in [-0.3, -0.25) is 0 Å². The predicted molar refractivity (Wildman–Crippen MR) is 89.5 cm³/mol. The number of hydrogen-bond acceptors (Lipinski definition) is 4. The molecule has 0 atom stereocenters. The Balaban J connectivity index is 2.78. The molecule has 8 heteroatoms. The van der Waals surface area contributed by atoms with Gasteiger partial charge in [-0.1, -0.05) is 24.3 Å². The summed E-state index contributed by atoms with van der Waals surface area (Å²) in [5, 5.41) is 0.756. The van der Waals surface area contributed by atoms with E-state index in [1.54, 1.807) is 12.1 Å². The van der Waals surface area contributed by atoms with Gasteiger partial charge in [0.2, 0.25) is 0 Å². The van der Waals surface area contributed by atoms with Crippen LogP contribution in [0.3, 0.4) is 0 Å². The quantitative estimate of drug-likeness (QED) is 0.722. The summed E-state index contributed by atoms with van der Waals surface area (Å²) in [6, 6.07) is 9.17. The fourth-order valence-electron chi connectivity index (χ4n) is 2.22. The van der Waals surface area contributed by atoms with Gasteiger partial charge in [0, 0.05) is 22.5 Å². The fraction of sp³-hybridized carbons (Fsp3) is 0.286. The second-order valence-electron chi connectivity index (χ2n) is 4.62. The van der Waals surface area contributed by atoms with Crippen molar-refractivity contribution in [2.75, 3.05) is 23.3 Å². The van der Waals surface area contributed by atoms with E-state index in [9.17, 15) is 16.8 Å². The summed E-state index contributed by atoms with van der Waals surface area (Å²) in [6.07, 6.45) is 0. The van der Waals surface area contributed by atoms with E-state index in [-0.39, 0.29) is 33.1 Å². The molecule has 0 aliphatic carbocycles. The molecule has 0 aliphatic rings. The number of rotatable bonds is 6. The van der Waals surface area contributed by atoms with Crippen LogP contribution in [0.2, 0.25) is 0 Å². The average Bonchev–Trinajstić information content (AvgIpc) is 2.45. The van der Waals surface area contributed by atoms with Crippen LogP contribution in [0.25, 0.3) is 10.8 Å². The van der Waals surface area contributed by atoms with Crippen LogP contribution in [0.5, 0.6) is 0 Å². The minimum Gasteiger partial charge on any atom is -0.224 e. The highest BCUT2D eigenvalue weighted by atomic mass is 35.5. The van der Waals surface area contributed by atoms with E-state index in [2.05, 4.69) is 0 Å². The largest absolute Gasteiger partial charge is 0.224 e. The number of alkyl halides is 2. The lowest BCUT2D eigenvalue weighted by atomic mass is 10.1. The van der Waals surface area contributed by atoms with Crippen molar-refractivity contribution in [3.63, 3.8) is 0 Å². The Labute approximate surface area is 139 Å². The van der Waals surface area contributed by atoms with E-state index >= 15 is 0 Å². The molecule has 2 aromatic carbocycles. The highest BCUT2D eigenvalue weighted by molar-refractivity contribution is 7.92. The third-order valence-electron chi connectivity index (χ3n) is 3.20. The van der Waals surface area contributed by atoms with Gasteiger partial charge in [0.05, 0.1) is 21.3 Å². The monoisotopic (exact) mass is 380 g/mol. The van der Waals surface area contributed by atoms with Gasteiger partial charge < -0.3 is 0 Å². The first kappa shape index (κ1) is 17.5.